The molecule has 9 heteroatoms. The average molecular weight is 480 g/mol. The lowest BCUT2D eigenvalue weighted by atomic mass is 9.78. The summed E-state index contributed by atoms with van der Waals surface area (Å²) in [7, 11) is -1.28. The summed E-state index contributed by atoms with van der Waals surface area (Å²) in [6.45, 7) is 5.60. The van der Waals surface area contributed by atoms with Crippen molar-refractivity contribution in [3.8, 4) is 0 Å². The Kier molecular flexibility index (Phi) is 7.63. The van der Waals surface area contributed by atoms with Gasteiger partial charge in [0.05, 0.1) is 25.1 Å². The van der Waals surface area contributed by atoms with E-state index in [1.807, 2.05) is 11.9 Å². The zero-order chi connectivity index (χ0) is 23.5. The molecule has 0 aromatic heterocycles. The van der Waals surface area contributed by atoms with Crippen molar-refractivity contribution >= 4 is 21.6 Å². The van der Waals surface area contributed by atoms with Crippen LogP contribution in [0.15, 0.2) is 24.3 Å². The molecule has 4 rings (SSSR count). The first-order valence-electron chi connectivity index (χ1n) is 12.0. The quantitative estimate of drug-likeness (QED) is 0.622. The summed E-state index contributed by atoms with van der Waals surface area (Å²) in [5, 5.41) is 0. The van der Waals surface area contributed by atoms with E-state index < -0.39 is 10.0 Å². The largest absolute Gasteiger partial charge is 0.378 e. The van der Waals surface area contributed by atoms with E-state index in [9.17, 15) is 13.2 Å². The molecule has 1 spiro atoms. The molecule has 0 N–H and O–H groups in total. The molecule has 8 nitrogen and oxygen atoms in total. The molecule has 184 valence electrons. The summed E-state index contributed by atoms with van der Waals surface area (Å²) in [4.78, 5) is 17.1. The Morgan fingerprint density at radius 1 is 1.09 bits per heavy atom. The first-order chi connectivity index (χ1) is 15.7. The number of piperidine rings is 1. The molecule has 3 saturated heterocycles. The maximum atomic E-state index is 13.0. The summed E-state index contributed by atoms with van der Waals surface area (Å²) in [5.74, 6) is 0.435. The van der Waals surface area contributed by atoms with E-state index in [4.69, 9.17) is 9.47 Å². The number of hydrogen-bond donors (Lipinski definition) is 0. The van der Waals surface area contributed by atoms with Crippen LogP contribution in [0.1, 0.15) is 37.7 Å². The summed E-state index contributed by atoms with van der Waals surface area (Å²) >= 11 is 0. The SMILES string of the molecule is CN(Cc1ccc(N2CCOCC2)cc1)C(=O)CC1CCOC2(CCN(S(C)(=O)=O)CC2)C1. The normalized spacial score (nSPS) is 24.1. The van der Waals surface area contributed by atoms with Crippen molar-refractivity contribution in [3.63, 3.8) is 0 Å². The van der Waals surface area contributed by atoms with Gasteiger partial charge in [0.25, 0.3) is 0 Å². The predicted molar refractivity (Wildman–Crippen MR) is 128 cm³/mol. The van der Waals surface area contributed by atoms with E-state index >= 15 is 0 Å². The number of ether oxygens (including phenoxy) is 2. The van der Waals surface area contributed by atoms with Crippen molar-refractivity contribution < 1.29 is 22.7 Å². The Bertz CT molecular complexity index is 907. The van der Waals surface area contributed by atoms with Gasteiger partial charge in [-0.3, -0.25) is 4.79 Å². The zero-order valence-electron chi connectivity index (χ0n) is 19.9. The van der Waals surface area contributed by atoms with Gasteiger partial charge in [-0.2, -0.15) is 0 Å². The number of rotatable bonds is 6. The van der Waals surface area contributed by atoms with Crippen LogP contribution in [0.5, 0.6) is 0 Å². The topological polar surface area (TPSA) is 79.4 Å². The summed E-state index contributed by atoms with van der Waals surface area (Å²) in [6.07, 6.45) is 4.90. The Balaban J connectivity index is 1.27. The number of amides is 1. The fourth-order valence-electron chi connectivity index (χ4n) is 5.28. The fourth-order valence-corrected chi connectivity index (χ4v) is 6.12. The Labute approximate surface area is 197 Å². The van der Waals surface area contributed by atoms with Crippen molar-refractivity contribution in [1.29, 1.82) is 0 Å². The van der Waals surface area contributed by atoms with Gasteiger partial charge in [-0.1, -0.05) is 12.1 Å². The van der Waals surface area contributed by atoms with E-state index in [1.54, 1.807) is 0 Å². The second-order valence-electron chi connectivity index (χ2n) is 9.77. The van der Waals surface area contributed by atoms with Crippen LogP contribution in [-0.2, 0) is 30.8 Å². The minimum atomic E-state index is -3.16. The third-order valence-electron chi connectivity index (χ3n) is 7.32. The number of anilines is 1. The van der Waals surface area contributed by atoms with Gasteiger partial charge < -0.3 is 19.3 Å². The molecule has 0 aliphatic carbocycles. The lowest BCUT2D eigenvalue weighted by molar-refractivity contribution is -0.139. The van der Waals surface area contributed by atoms with Gasteiger partial charge in [0, 0.05) is 58.5 Å². The Morgan fingerprint density at radius 3 is 2.39 bits per heavy atom. The van der Waals surface area contributed by atoms with Crippen LogP contribution in [0.2, 0.25) is 0 Å². The molecule has 3 aliphatic heterocycles. The maximum absolute atomic E-state index is 13.0. The first kappa shape index (κ1) is 24.4. The number of benzene rings is 1. The number of carbonyl (C=O) groups is 1. The molecule has 1 amide bonds. The average Bonchev–Trinajstić information content (AvgIpc) is 2.80. The smallest absolute Gasteiger partial charge is 0.222 e. The Hall–Kier alpha value is -1.68. The number of nitrogens with zero attached hydrogens (tertiary/aromatic N) is 3. The van der Waals surface area contributed by atoms with Crippen LogP contribution in [-0.4, -0.2) is 88.4 Å². The van der Waals surface area contributed by atoms with E-state index in [0.29, 0.717) is 45.5 Å². The molecule has 33 heavy (non-hydrogen) atoms. The molecular weight excluding hydrogens is 442 g/mol. The summed E-state index contributed by atoms with van der Waals surface area (Å²) < 4.78 is 36.7. The molecule has 3 fully saturated rings. The molecule has 0 radical (unpaired) electrons. The highest BCUT2D eigenvalue weighted by atomic mass is 32.2. The molecule has 0 bridgehead atoms. The Morgan fingerprint density at radius 2 is 1.76 bits per heavy atom. The monoisotopic (exact) mass is 479 g/mol. The van der Waals surface area contributed by atoms with E-state index in [1.165, 1.54) is 16.2 Å². The standard InChI is InChI=1S/C24H37N3O5S/c1-25(19-20-3-5-22(6-4-20)26-12-15-31-16-13-26)23(28)17-21-7-14-32-24(18-21)8-10-27(11-9-24)33(2,29)30/h3-6,21H,7-19H2,1-2H3. The number of sulfonamides is 1. The third-order valence-corrected chi connectivity index (χ3v) is 8.62. The van der Waals surface area contributed by atoms with Crippen LogP contribution in [0.4, 0.5) is 5.69 Å². The molecule has 3 heterocycles. The molecular formula is C24H37N3O5S. The van der Waals surface area contributed by atoms with Crippen molar-refractivity contribution in [2.24, 2.45) is 5.92 Å². The number of carbonyl (C=O) groups excluding carboxylic acids is 1. The molecule has 1 aromatic carbocycles. The predicted octanol–water partition coefficient (Wildman–Crippen LogP) is 2.09. The first-order valence-corrected chi connectivity index (χ1v) is 13.8. The second kappa shape index (κ2) is 10.3. The van der Waals surface area contributed by atoms with Crippen LogP contribution in [0.3, 0.4) is 0 Å². The molecule has 1 unspecified atom stereocenters. The third kappa shape index (κ3) is 6.26. The van der Waals surface area contributed by atoms with Gasteiger partial charge in [0.15, 0.2) is 0 Å². The lowest BCUT2D eigenvalue weighted by Gasteiger charge is -2.45. The van der Waals surface area contributed by atoms with Crippen molar-refractivity contribution in [3.05, 3.63) is 29.8 Å². The number of morpholine rings is 1. The highest BCUT2D eigenvalue weighted by Gasteiger charge is 2.42. The molecule has 0 saturated carbocycles. The van der Waals surface area contributed by atoms with E-state index in [-0.39, 0.29) is 17.4 Å². The number of hydrogen-bond acceptors (Lipinski definition) is 6. The van der Waals surface area contributed by atoms with E-state index in [0.717, 1.165) is 44.7 Å². The second-order valence-corrected chi connectivity index (χ2v) is 11.8. The van der Waals surface area contributed by atoms with Gasteiger partial charge in [-0.25, -0.2) is 12.7 Å². The van der Waals surface area contributed by atoms with Crippen LogP contribution < -0.4 is 4.90 Å². The molecule has 1 atom stereocenters. The fraction of sp³-hybridized carbons (Fsp3) is 0.708. The van der Waals surface area contributed by atoms with Crippen molar-refractivity contribution in [1.82, 2.24) is 9.21 Å². The van der Waals surface area contributed by atoms with Gasteiger partial charge in [0.1, 0.15) is 0 Å². The van der Waals surface area contributed by atoms with Crippen LogP contribution >= 0.6 is 0 Å². The van der Waals surface area contributed by atoms with Crippen LogP contribution in [0.25, 0.3) is 0 Å². The molecule has 3 aliphatic rings. The van der Waals surface area contributed by atoms with Gasteiger partial charge in [-0.15, -0.1) is 0 Å². The van der Waals surface area contributed by atoms with E-state index in [2.05, 4.69) is 29.2 Å². The van der Waals surface area contributed by atoms with Gasteiger partial charge >= 0.3 is 0 Å². The van der Waals surface area contributed by atoms with Crippen molar-refractivity contribution in [2.75, 3.05) is 64.2 Å². The molecule has 1 aromatic rings. The highest BCUT2D eigenvalue weighted by molar-refractivity contribution is 7.88. The zero-order valence-corrected chi connectivity index (χ0v) is 20.7. The van der Waals surface area contributed by atoms with Gasteiger partial charge in [-0.05, 0) is 49.3 Å². The minimum Gasteiger partial charge on any atom is -0.378 e. The maximum Gasteiger partial charge on any atom is 0.222 e. The van der Waals surface area contributed by atoms with Gasteiger partial charge in [0.2, 0.25) is 15.9 Å². The van der Waals surface area contributed by atoms with Crippen LogP contribution in [0, 0.1) is 5.92 Å². The minimum absolute atomic E-state index is 0.155. The summed E-state index contributed by atoms with van der Waals surface area (Å²) in [6, 6.07) is 8.47. The highest BCUT2D eigenvalue weighted by Crippen LogP contribution is 2.39. The van der Waals surface area contributed by atoms with Crippen molar-refractivity contribution in [2.45, 2.75) is 44.2 Å². The lowest BCUT2D eigenvalue weighted by Crippen LogP contribution is -2.50. The summed E-state index contributed by atoms with van der Waals surface area (Å²) in [5.41, 5.74) is 2.04.